The molecule has 3 rings (SSSR count). The molecule has 1 N–H and O–H groups in total. The Kier molecular flexibility index (Phi) is 5.43. The minimum atomic E-state index is -3.83. The van der Waals surface area contributed by atoms with Gasteiger partial charge in [-0.05, 0) is 43.3 Å². The van der Waals surface area contributed by atoms with Gasteiger partial charge >= 0.3 is 5.97 Å². The molecule has 0 aliphatic carbocycles. The average molecular weight is 404 g/mol. The fraction of sp³-hybridized carbons (Fsp3) is 0.111. The van der Waals surface area contributed by atoms with Crippen molar-refractivity contribution < 1.29 is 23.1 Å². The quantitative estimate of drug-likeness (QED) is 0.681. The van der Waals surface area contributed by atoms with Crippen LogP contribution in [0.1, 0.15) is 5.56 Å². The van der Waals surface area contributed by atoms with Gasteiger partial charge in [0.15, 0.2) is 6.61 Å². The maximum absolute atomic E-state index is 12.5. The van der Waals surface area contributed by atoms with Crippen LogP contribution in [0.2, 0.25) is 0 Å². The van der Waals surface area contributed by atoms with Crippen molar-refractivity contribution in [3.05, 3.63) is 70.5 Å². The molecular weight excluding hydrogens is 388 g/mol. The van der Waals surface area contributed by atoms with Crippen LogP contribution in [0.15, 0.2) is 69.4 Å². The van der Waals surface area contributed by atoms with E-state index in [1.165, 1.54) is 23.5 Å². The number of carboxylic acid groups (broad SMARTS) is 1. The molecule has 0 fully saturated rings. The van der Waals surface area contributed by atoms with Crippen LogP contribution in [-0.2, 0) is 14.8 Å². The van der Waals surface area contributed by atoms with Gasteiger partial charge < -0.3 is 9.84 Å². The number of sulfonamides is 1. The molecule has 27 heavy (non-hydrogen) atoms. The molecule has 0 radical (unpaired) electrons. The lowest BCUT2D eigenvalue weighted by Crippen LogP contribution is -2.15. The summed E-state index contributed by atoms with van der Waals surface area (Å²) < 4.78 is 35.8. The molecule has 9 heteroatoms. The molecule has 0 spiro atoms. The van der Waals surface area contributed by atoms with Crippen LogP contribution < -0.4 is 9.54 Å². The Morgan fingerprint density at radius 2 is 1.81 bits per heavy atom. The standard InChI is InChI=1S/C18H16N2O5S2/c1-13-2-8-16(9-3-13)27(23,24)19-18-20(10-11-26-18)14-4-6-15(7-5-14)25-12-17(21)22/h2-11H,12H2,1H3,(H,21,22)/b19-18-. The zero-order valence-corrected chi connectivity index (χ0v) is 15.9. The topological polar surface area (TPSA) is 98.0 Å². The molecule has 0 saturated carbocycles. The second-order valence-corrected chi connectivity index (χ2v) is 8.09. The van der Waals surface area contributed by atoms with Crippen molar-refractivity contribution in [2.24, 2.45) is 4.40 Å². The van der Waals surface area contributed by atoms with Crippen LogP contribution >= 0.6 is 11.3 Å². The molecule has 0 saturated heterocycles. The monoisotopic (exact) mass is 404 g/mol. The highest BCUT2D eigenvalue weighted by atomic mass is 32.2. The van der Waals surface area contributed by atoms with E-state index in [4.69, 9.17) is 9.84 Å². The van der Waals surface area contributed by atoms with Crippen molar-refractivity contribution in [2.45, 2.75) is 11.8 Å². The number of benzene rings is 2. The van der Waals surface area contributed by atoms with Crippen LogP contribution in [0.4, 0.5) is 0 Å². The summed E-state index contributed by atoms with van der Waals surface area (Å²) in [4.78, 5) is 11.0. The first-order valence-corrected chi connectivity index (χ1v) is 10.2. The van der Waals surface area contributed by atoms with Crippen molar-refractivity contribution in [3.8, 4) is 11.4 Å². The molecule has 1 heterocycles. The predicted molar refractivity (Wildman–Crippen MR) is 101 cm³/mol. The van der Waals surface area contributed by atoms with E-state index in [1.807, 2.05) is 6.92 Å². The lowest BCUT2D eigenvalue weighted by atomic mass is 10.2. The van der Waals surface area contributed by atoms with Gasteiger partial charge in [0.2, 0.25) is 4.80 Å². The lowest BCUT2D eigenvalue weighted by molar-refractivity contribution is -0.139. The molecule has 1 aromatic heterocycles. The second-order valence-electron chi connectivity index (χ2n) is 5.61. The number of aromatic nitrogens is 1. The Bertz CT molecular complexity index is 1110. The van der Waals surface area contributed by atoms with E-state index in [2.05, 4.69) is 4.40 Å². The van der Waals surface area contributed by atoms with Crippen LogP contribution in [0.25, 0.3) is 5.69 Å². The molecule has 0 amide bonds. The van der Waals surface area contributed by atoms with Crippen molar-refractivity contribution in [1.82, 2.24) is 4.57 Å². The smallest absolute Gasteiger partial charge is 0.341 e. The van der Waals surface area contributed by atoms with Gasteiger partial charge in [0.05, 0.1) is 4.90 Å². The molecule has 3 aromatic rings. The summed E-state index contributed by atoms with van der Waals surface area (Å²) in [5, 5.41) is 10.4. The Balaban J connectivity index is 1.92. The molecule has 7 nitrogen and oxygen atoms in total. The number of hydrogen-bond donors (Lipinski definition) is 1. The van der Waals surface area contributed by atoms with E-state index in [0.717, 1.165) is 5.56 Å². The van der Waals surface area contributed by atoms with E-state index >= 15 is 0 Å². The zero-order valence-electron chi connectivity index (χ0n) is 14.3. The lowest BCUT2D eigenvalue weighted by Gasteiger charge is -2.06. The fourth-order valence-electron chi connectivity index (χ4n) is 2.25. The van der Waals surface area contributed by atoms with E-state index in [0.29, 0.717) is 16.2 Å². The van der Waals surface area contributed by atoms with E-state index in [1.54, 1.807) is 52.5 Å². The highest BCUT2D eigenvalue weighted by Gasteiger charge is 2.13. The first kappa shape index (κ1) is 18.9. The van der Waals surface area contributed by atoms with Gasteiger partial charge in [-0.3, -0.25) is 4.57 Å². The molecule has 0 aliphatic rings. The highest BCUT2D eigenvalue weighted by Crippen LogP contribution is 2.16. The molecule has 0 bridgehead atoms. The second kappa shape index (κ2) is 7.77. The van der Waals surface area contributed by atoms with Gasteiger partial charge in [-0.1, -0.05) is 17.7 Å². The van der Waals surface area contributed by atoms with Crippen LogP contribution in [0.3, 0.4) is 0 Å². The SMILES string of the molecule is Cc1ccc(S(=O)(=O)/N=c2\sccn2-c2ccc(OCC(=O)O)cc2)cc1. The molecule has 2 aromatic carbocycles. The first-order valence-electron chi connectivity index (χ1n) is 7.84. The van der Waals surface area contributed by atoms with Crippen LogP contribution in [0.5, 0.6) is 5.75 Å². The summed E-state index contributed by atoms with van der Waals surface area (Å²) in [5.74, 6) is -0.656. The molecule has 0 atom stereocenters. The van der Waals surface area contributed by atoms with Crippen LogP contribution in [-0.4, -0.2) is 30.7 Å². The summed E-state index contributed by atoms with van der Waals surface area (Å²) >= 11 is 1.20. The molecular formula is C18H16N2O5S2. The third-order valence-electron chi connectivity index (χ3n) is 3.58. The third-order valence-corrected chi connectivity index (χ3v) is 5.74. The molecule has 0 unspecified atom stereocenters. The first-order chi connectivity index (χ1) is 12.8. The number of carbonyl (C=O) groups is 1. The summed E-state index contributed by atoms with van der Waals surface area (Å²) in [6, 6.07) is 13.1. The molecule has 0 aliphatic heterocycles. The predicted octanol–water partition coefficient (Wildman–Crippen LogP) is 2.60. The number of thiazole rings is 1. The van der Waals surface area contributed by atoms with Gasteiger partial charge in [0, 0.05) is 17.3 Å². The highest BCUT2D eigenvalue weighted by molar-refractivity contribution is 7.90. The van der Waals surface area contributed by atoms with Gasteiger partial charge in [-0.2, -0.15) is 8.42 Å². The Morgan fingerprint density at radius 3 is 2.44 bits per heavy atom. The minimum absolute atomic E-state index is 0.130. The Morgan fingerprint density at radius 1 is 1.15 bits per heavy atom. The van der Waals surface area contributed by atoms with E-state index in [9.17, 15) is 13.2 Å². The third kappa shape index (κ3) is 4.63. The summed E-state index contributed by atoms with van der Waals surface area (Å²) in [7, 11) is -3.83. The number of nitrogens with zero attached hydrogens (tertiary/aromatic N) is 2. The van der Waals surface area contributed by atoms with Crippen molar-refractivity contribution in [2.75, 3.05) is 6.61 Å². The number of aryl methyl sites for hydroxylation is 1. The van der Waals surface area contributed by atoms with Crippen molar-refractivity contribution >= 4 is 27.3 Å². The zero-order chi connectivity index (χ0) is 19.4. The van der Waals surface area contributed by atoms with Crippen molar-refractivity contribution in [1.29, 1.82) is 0 Å². The Labute approximate surface area is 159 Å². The Hall–Kier alpha value is -2.91. The maximum atomic E-state index is 12.5. The number of hydrogen-bond acceptors (Lipinski definition) is 5. The normalized spacial score (nSPS) is 12.1. The van der Waals surface area contributed by atoms with Gasteiger partial charge in [-0.25, -0.2) is 4.79 Å². The van der Waals surface area contributed by atoms with E-state index in [-0.39, 0.29) is 4.90 Å². The number of ether oxygens (including phenoxy) is 1. The maximum Gasteiger partial charge on any atom is 0.341 e. The molecule has 140 valence electrons. The summed E-state index contributed by atoms with van der Waals surface area (Å²) in [6.07, 6.45) is 1.71. The van der Waals surface area contributed by atoms with E-state index < -0.39 is 22.6 Å². The number of rotatable bonds is 6. The van der Waals surface area contributed by atoms with Gasteiger partial charge in [0.1, 0.15) is 5.75 Å². The minimum Gasteiger partial charge on any atom is -0.482 e. The van der Waals surface area contributed by atoms with Gasteiger partial charge in [0.25, 0.3) is 10.0 Å². The fourth-order valence-corrected chi connectivity index (χ4v) is 4.18. The average Bonchev–Trinajstić information content (AvgIpc) is 3.08. The number of carboxylic acids is 1. The summed E-state index contributed by atoms with van der Waals surface area (Å²) in [6.45, 7) is 1.45. The van der Waals surface area contributed by atoms with Crippen LogP contribution in [0, 0.1) is 6.92 Å². The summed E-state index contributed by atoms with van der Waals surface area (Å²) in [5.41, 5.74) is 1.64. The number of aliphatic carboxylic acids is 1. The van der Waals surface area contributed by atoms with Gasteiger partial charge in [-0.15, -0.1) is 15.7 Å². The largest absolute Gasteiger partial charge is 0.482 e. The van der Waals surface area contributed by atoms with Crippen molar-refractivity contribution in [3.63, 3.8) is 0 Å².